The summed E-state index contributed by atoms with van der Waals surface area (Å²) in [6.07, 6.45) is 5.11. The molecule has 0 saturated heterocycles. The molecule has 4 aliphatic rings. The fraction of sp³-hybridized carbons (Fsp3) is 0.933. The fourth-order valence-corrected chi connectivity index (χ4v) is 4.77. The predicted octanol–water partition coefficient (Wildman–Crippen LogP) is 2.52. The van der Waals surface area contributed by atoms with Crippen LogP contribution in [0.25, 0.3) is 0 Å². The van der Waals surface area contributed by atoms with Crippen molar-refractivity contribution in [3.8, 4) is 0 Å². The van der Waals surface area contributed by atoms with Gasteiger partial charge in [0.2, 0.25) is 0 Å². The van der Waals surface area contributed by atoms with Gasteiger partial charge in [-0.2, -0.15) is 0 Å². The van der Waals surface area contributed by atoms with Crippen LogP contribution in [0.4, 0.5) is 0 Å². The van der Waals surface area contributed by atoms with Crippen LogP contribution in [0.5, 0.6) is 0 Å². The Morgan fingerprint density at radius 3 is 2.17 bits per heavy atom. The van der Waals surface area contributed by atoms with Gasteiger partial charge in [0.15, 0.2) is 0 Å². The molecule has 3 atom stereocenters. The monoisotopic (exact) mass is 252 g/mol. The minimum atomic E-state index is -0.767. The molecular weight excluding hydrogens is 228 g/mol. The number of rotatable bonds is 1. The molecule has 18 heavy (non-hydrogen) atoms. The minimum absolute atomic E-state index is 0.172. The topological polar surface area (TPSA) is 46.5 Å². The summed E-state index contributed by atoms with van der Waals surface area (Å²) < 4.78 is 5.53. The lowest BCUT2D eigenvalue weighted by Gasteiger charge is -2.57. The molecule has 102 valence electrons. The third kappa shape index (κ3) is 1.97. The van der Waals surface area contributed by atoms with Gasteiger partial charge in [0.05, 0.1) is 11.5 Å². The van der Waals surface area contributed by atoms with Crippen LogP contribution >= 0.6 is 0 Å². The Bertz CT molecular complexity index is 354. The van der Waals surface area contributed by atoms with E-state index in [9.17, 15) is 9.90 Å². The number of carbonyl (C=O) groups excluding carboxylic acids is 1. The Morgan fingerprint density at radius 1 is 1.17 bits per heavy atom. The summed E-state index contributed by atoms with van der Waals surface area (Å²) in [6, 6.07) is 0. The van der Waals surface area contributed by atoms with Gasteiger partial charge >= 0.3 is 5.97 Å². The number of hydrogen-bond acceptors (Lipinski definition) is 3. The van der Waals surface area contributed by atoms with Gasteiger partial charge in [0.25, 0.3) is 0 Å². The van der Waals surface area contributed by atoms with Crippen molar-refractivity contribution in [2.24, 2.45) is 23.7 Å². The summed E-state index contributed by atoms with van der Waals surface area (Å²) in [5.74, 6) is 1.20. The van der Waals surface area contributed by atoms with Crippen LogP contribution in [-0.2, 0) is 9.53 Å². The lowest BCUT2D eigenvalue weighted by Crippen LogP contribution is -2.60. The Kier molecular flexibility index (Phi) is 2.58. The Labute approximate surface area is 109 Å². The molecule has 0 aromatic heterocycles. The molecular formula is C15H24O3. The van der Waals surface area contributed by atoms with Crippen LogP contribution < -0.4 is 0 Å². The van der Waals surface area contributed by atoms with Crippen molar-refractivity contribution in [3.05, 3.63) is 0 Å². The number of aliphatic hydroxyl groups is 1. The van der Waals surface area contributed by atoms with Gasteiger partial charge < -0.3 is 9.84 Å². The zero-order valence-corrected chi connectivity index (χ0v) is 11.6. The molecule has 4 rings (SSSR count). The lowest BCUT2D eigenvalue weighted by atomic mass is 9.50. The first-order valence-corrected chi connectivity index (χ1v) is 7.22. The zero-order valence-electron chi connectivity index (χ0n) is 11.6. The van der Waals surface area contributed by atoms with Gasteiger partial charge in [-0.3, -0.25) is 4.79 Å². The Hall–Kier alpha value is -0.570. The molecule has 4 bridgehead atoms. The molecule has 4 aliphatic carbocycles. The summed E-state index contributed by atoms with van der Waals surface area (Å²) in [5, 5.41) is 10.8. The smallest absolute Gasteiger partial charge is 0.312 e. The van der Waals surface area contributed by atoms with Crippen LogP contribution in [0.2, 0.25) is 0 Å². The molecule has 0 aliphatic heterocycles. The third-order valence-corrected chi connectivity index (χ3v) is 4.93. The summed E-state index contributed by atoms with van der Waals surface area (Å²) in [5.41, 5.74) is -1.22. The quantitative estimate of drug-likeness (QED) is 0.729. The van der Waals surface area contributed by atoms with Gasteiger partial charge in [0.1, 0.15) is 5.60 Å². The minimum Gasteiger partial charge on any atom is -0.460 e. The highest BCUT2D eigenvalue weighted by Gasteiger charge is 2.59. The van der Waals surface area contributed by atoms with E-state index in [1.54, 1.807) is 0 Å². The number of hydrogen-bond donors (Lipinski definition) is 1. The van der Waals surface area contributed by atoms with Crippen molar-refractivity contribution in [3.63, 3.8) is 0 Å². The van der Waals surface area contributed by atoms with Crippen molar-refractivity contribution >= 4 is 5.97 Å². The van der Waals surface area contributed by atoms with Gasteiger partial charge in [-0.05, 0) is 70.6 Å². The second kappa shape index (κ2) is 3.72. The van der Waals surface area contributed by atoms with E-state index in [4.69, 9.17) is 4.74 Å². The average molecular weight is 252 g/mol. The molecule has 3 nitrogen and oxygen atoms in total. The van der Waals surface area contributed by atoms with E-state index >= 15 is 0 Å². The van der Waals surface area contributed by atoms with Gasteiger partial charge in [-0.25, -0.2) is 0 Å². The van der Waals surface area contributed by atoms with Crippen molar-refractivity contribution < 1.29 is 14.6 Å². The highest BCUT2D eigenvalue weighted by atomic mass is 16.6. The summed E-state index contributed by atoms with van der Waals surface area (Å²) in [7, 11) is 0. The first kappa shape index (κ1) is 12.5. The van der Waals surface area contributed by atoms with E-state index in [1.807, 2.05) is 20.8 Å². The second-order valence-corrected chi connectivity index (χ2v) is 7.72. The van der Waals surface area contributed by atoms with Gasteiger partial charge in [-0.15, -0.1) is 0 Å². The average Bonchev–Trinajstić information content (AvgIpc) is 2.09. The molecule has 4 saturated carbocycles. The van der Waals surface area contributed by atoms with Crippen molar-refractivity contribution in [2.45, 2.75) is 64.1 Å². The maximum atomic E-state index is 12.4. The maximum absolute atomic E-state index is 12.4. The third-order valence-electron chi connectivity index (χ3n) is 4.93. The SMILES string of the molecule is CC(C)(C)OC(=O)C1C2CC3CC(C2)CC1(O)C3. The van der Waals surface area contributed by atoms with Crippen molar-refractivity contribution in [1.82, 2.24) is 0 Å². The molecule has 0 heterocycles. The zero-order chi connectivity index (χ0) is 13.1. The Balaban J connectivity index is 1.82. The van der Waals surface area contributed by atoms with Gasteiger partial charge in [0, 0.05) is 0 Å². The first-order valence-electron chi connectivity index (χ1n) is 7.22. The van der Waals surface area contributed by atoms with E-state index < -0.39 is 11.2 Å². The molecule has 3 unspecified atom stereocenters. The molecule has 4 fully saturated rings. The van der Waals surface area contributed by atoms with Crippen molar-refractivity contribution in [1.29, 1.82) is 0 Å². The highest BCUT2D eigenvalue weighted by molar-refractivity contribution is 5.75. The standard InChI is InChI=1S/C15H24O3/c1-14(2,3)18-13(16)12-11-5-9-4-10(6-11)8-15(12,17)7-9/h9-12,17H,4-8H2,1-3H3. The maximum Gasteiger partial charge on any atom is 0.312 e. The molecule has 0 aromatic carbocycles. The predicted molar refractivity (Wildman–Crippen MR) is 67.8 cm³/mol. The molecule has 0 amide bonds. The van der Waals surface area contributed by atoms with Crippen LogP contribution in [0.1, 0.15) is 52.9 Å². The number of carbonyl (C=O) groups is 1. The van der Waals surface area contributed by atoms with E-state index in [1.165, 1.54) is 6.42 Å². The van der Waals surface area contributed by atoms with Gasteiger partial charge in [-0.1, -0.05) is 0 Å². The molecule has 0 radical (unpaired) electrons. The lowest BCUT2D eigenvalue weighted by molar-refractivity contribution is -0.205. The van der Waals surface area contributed by atoms with E-state index in [0.717, 1.165) is 25.7 Å². The van der Waals surface area contributed by atoms with Crippen LogP contribution in [0, 0.1) is 23.7 Å². The number of ether oxygens (including phenoxy) is 1. The normalized spacial score (nSPS) is 46.2. The van der Waals surface area contributed by atoms with E-state index in [-0.39, 0.29) is 11.9 Å². The van der Waals surface area contributed by atoms with Crippen LogP contribution in [0.15, 0.2) is 0 Å². The van der Waals surface area contributed by atoms with Crippen molar-refractivity contribution in [2.75, 3.05) is 0 Å². The fourth-order valence-electron chi connectivity index (χ4n) is 4.77. The number of esters is 1. The Morgan fingerprint density at radius 2 is 1.72 bits per heavy atom. The highest BCUT2D eigenvalue weighted by Crippen LogP contribution is 2.58. The summed E-state index contributed by atoms with van der Waals surface area (Å²) in [6.45, 7) is 5.68. The second-order valence-electron chi connectivity index (χ2n) is 7.72. The van der Waals surface area contributed by atoms with E-state index in [0.29, 0.717) is 17.8 Å². The first-order chi connectivity index (χ1) is 8.27. The molecule has 3 heteroatoms. The summed E-state index contributed by atoms with van der Waals surface area (Å²) in [4.78, 5) is 12.4. The summed E-state index contributed by atoms with van der Waals surface area (Å²) >= 11 is 0. The molecule has 0 spiro atoms. The molecule has 0 aromatic rings. The molecule has 1 N–H and O–H groups in total. The van der Waals surface area contributed by atoms with E-state index in [2.05, 4.69) is 0 Å². The van der Waals surface area contributed by atoms with Crippen LogP contribution in [0.3, 0.4) is 0 Å². The van der Waals surface area contributed by atoms with Crippen LogP contribution in [-0.4, -0.2) is 22.3 Å². The largest absolute Gasteiger partial charge is 0.460 e.